The van der Waals surface area contributed by atoms with E-state index in [-0.39, 0.29) is 5.91 Å². The van der Waals surface area contributed by atoms with E-state index in [2.05, 4.69) is 30.3 Å². The molecule has 2 aliphatic rings. The Hall–Kier alpha value is -2.95. The molecule has 1 aromatic heterocycles. The molecule has 5 nitrogen and oxygen atoms in total. The molecule has 0 unspecified atom stereocenters. The molecular weight excluding hydrogens is 350 g/mol. The molecule has 28 heavy (non-hydrogen) atoms. The van der Waals surface area contributed by atoms with Gasteiger partial charge in [-0.25, -0.2) is 9.97 Å². The van der Waals surface area contributed by atoms with Crippen molar-refractivity contribution in [1.29, 1.82) is 0 Å². The highest BCUT2D eigenvalue weighted by Gasteiger charge is 2.24. The number of hydrogen-bond donors (Lipinski definition) is 0. The second kappa shape index (κ2) is 6.59. The summed E-state index contributed by atoms with van der Waals surface area (Å²) in [5.41, 5.74) is 5.73. The Morgan fingerprint density at radius 2 is 1.86 bits per heavy atom. The highest BCUT2D eigenvalue weighted by atomic mass is 16.5. The molecule has 1 fully saturated rings. The maximum atomic E-state index is 11.5. The third kappa shape index (κ3) is 2.82. The number of rotatable bonds is 3. The van der Waals surface area contributed by atoms with Crippen molar-refractivity contribution in [2.75, 3.05) is 20.2 Å². The average molecular weight is 373 g/mol. The zero-order valence-corrected chi connectivity index (χ0v) is 16.2. The van der Waals surface area contributed by atoms with Gasteiger partial charge in [-0.2, -0.15) is 0 Å². The fourth-order valence-electron chi connectivity index (χ4n) is 4.42. The van der Waals surface area contributed by atoms with Gasteiger partial charge in [0.15, 0.2) is 5.82 Å². The second-order valence-electron chi connectivity index (χ2n) is 7.75. The predicted octanol–water partition coefficient (Wildman–Crippen LogP) is 3.94. The highest BCUT2D eigenvalue weighted by Crippen LogP contribution is 2.37. The number of piperidine rings is 1. The van der Waals surface area contributed by atoms with Crippen molar-refractivity contribution < 1.29 is 9.53 Å². The second-order valence-corrected chi connectivity index (χ2v) is 7.75. The quantitative estimate of drug-likeness (QED) is 0.546. The summed E-state index contributed by atoms with van der Waals surface area (Å²) in [7, 11) is 1.69. The van der Waals surface area contributed by atoms with Crippen LogP contribution in [0.25, 0.3) is 22.3 Å². The lowest BCUT2D eigenvalue weighted by molar-refractivity contribution is -0.129. The third-order valence-corrected chi connectivity index (χ3v) is 6.10. The molecule has 0 saturated carbocycles. The normalized spacial score (nSPS) is 16.1. The van der Waals surface area contributed by atoms with Crippen LogP contribution in [-0.4, -0.2) is 41.0 Å². The number of likely N-dealkylation sites (tertiary alicyclic amines) is 1. The van der Waals surface area contributed by atoms with Gasteiger partial charge in [0.05, 0.1) is 18.3 Å². The lowest BCUT2D eigenvalue weighted by atomic mass is 9.88. The molecule has 3 aromatic rings. The summed E-state index contributed by atoms with van der Waals surface area (Å²) in [5, 5.41) is 1.18. The fourth-order valence-corrected chi connectivity index (χ4v) is 4.42. The van der Waals surface area contributed by atoms with Gasteiger partial charge < -0.3 is 9.64 Å². The number of methoxy groups -OCH3 is 1. The average Bonchev–Trinajstić information content (AvgIpc) is 2.71. The minimum absolute atomic E-state index is 0.180. The number of nitrogens with zero attached hydrogens (tertiary/aromatic N) is 3. The van der Waals surface area contributed by atoms with Gasteiger partial charge in [0.2, 0.25) is 5.91 Å². The first-order valence-corrected chi connectivity index (χ1v) is 9.86. The Balaban J connectivity index is 1.40. The van der Waals surface area contributed by atoms with Gasteiger partial charge in [0.1, 0.15) is 5.75 Å². The van der Waals surface area contributed by atoms with E-state index in [4.69, 9.17) is 14.7 Å². The molecule has 142 valence electrons. The van der Waals surface area contributed by atoms with Crippen LogP contribution in [0.5, 0.6) is 5.75 Å². The summed E-state index contributed by atoms with van der Waals surface area (Å²) in [4.78, 5) is 23.0. The first-order valence-electron chi connectivity index (χ1n) is 9.86. The van der Waals surface area contributed by atoms with Crippen LogP contribution in [0.15, 0.2) is 36.4 Å². The molecule has 0 atom stereocenters. The Bertz CT molecular complexity index is 1070. The first-order chi connectivity index (χ1) is 13.6. The van der Waals surface area contributed by atoms with Gasteiger partial charge in [-0.05, 0) is 36.0 Å². The van der Waals surface area contributed by atoms with E-state index in [0.29, 0.717) is 5.92 Å². The molecule has 2 heterocycles. The van der Waals surface area contributed by atoms with Crippen molar-refractivity contribution in [1.82, 2.24) is 14.9 Å². The van der Waals surface area contributed by atoms with Crippen molar-refractivity contribution in [3.63, 3.8) is 0 Å². The van der Waals surface area contributed by atoms with E-state index in [1.54, 1.807) is 14.0 Å². The number of ether oxygens (including phenoxy) is 1. The van der Waals surface area contributed by atoms with Gasteiger partial charge in [-0.3, -0.25) is 4.79 Å². The van der Waals surface area contributed by atoms with Crippen molar-refractivity contribution in [2.24, 2.45) is 0 Å². The summed E-state index contributed by atoms with van der Waals surface area (Å²) in [6.07, 6.45) is 2.93. The van der Waals surface area contributed by atoms with Crippen LogP contribution in [0.4, 0.5) is 0 Å². The molecule has 2 aromatic carbocycles. The van der Waals surface area contributed by atoms with E-state index < -0.39 is 0 Å². The SMILES string of the molecule is COc1cc2c3c(nc(-c4ccc(C5CCN(C(C)=O)CC5)cc4)nc3c1)C2. The maximum Gasteiger partial charge on any atom is 0.219 e. The van der Waals surface area contributed by atoms with E-state index in [1.165, 1.54) is 16.5 Å². The smallest absolute Gasteiger partial charge is 0.219 e. The Kier molecular flexibility index (Phi) is 4.04. The standard InChI is InChI=1S/C23H23N3O2/c1-14(27)26-9-7-16(8-10-26)15-3-5-17(6-4-15)23-24-20-12-18-11-19(28-2)13-21(25-23)22(18)20/h3-6,11,13,16H,7-10,12H2,1-2H3. The zero-order valence-electron chi connectivity index (χ0n) is 16.2. The number of carbonyl (C=O) groups is 1. The van der Waals surface area contributed by atoms with Gasteiger partial charge in [0.25, 0.3) is 0 Å². The largest absolute Gasteiger partial charge is 0.497 e. The number of benzene rings is 2. The highest BCUT2D eigenvalue weighted by molar-refractivity contribution is 5.92. The number of amides is 1. The van der Waals surface area contributed by atoms with Gasteiger partial charge in [-0.1, -0.05) is 24.3 Å². The summed E-state index contributed by atoms with van der Waals surface area (Å²) >= 11 is 0. The summed E-state index contributed by atoms with van der Waals surface area (Å²) in [5.74, 6) is 2.33. The van der Waals surface area contributed by atoms with Crippen molar-refractivity contribution in [3.8, 4) is 17.1 Å². The summed E-state index contributed by atoms with van der Waals surface area (Å²) < 4.78 is 5.40. The van der Waals surface area contributed by atoms with E-state index in [1.807, 2.05) is 11.0 Å². The Morgan fingerprint density at radius 3 is 2.54 bits per heavy atom. The van der Waals surface area contributed by atoms with Crippen LogP contribution in [0.1, 0.15) is 42.5 Å². The number of hydrogen-bond acceptors (Lipinski definition) is 4. The minimum Gasteiger partial charge on any atom is -0.497 e. The lowest BCUT2D eigenvalue weighted by Crippen LogP contribution is -2.36. The Morgan fingerprint density at radius 1 is 1.11 bits per heavy atom. The molecule has 1 aliphatic heterocycles. The van der Waals surface area contributed by atoms with Crippen molar-refractivity contribution in [2.45, 2.75) is 32.1 Å². The van der Waals surface area contributed by atoms with Gasteiger partial charge in [-0.15, -0.1) is 0 Å². The van der Waals surface area contributed by atoms with E-state index in [9.17, 15) is 4.79 Å². The van der Waals surface area contributed by atoms with Crippen LogP contribution in [0.3, 0.4) is 0 Å². The molecule has 0 radical (unpaired) electrons. The molecule has 0 spiro atoms. The Labute approximate surface area is 164 Å². The van der Waals surface area contributed by atoms with Crippen LogP contribution in [0.2, 0.25) is 0 Å². The first kappa shape index (κ1) is 17.2. The molecule has 1 amide bonds. The summed E-state index contributed by atoms with van der Waals surface area (Å²) in [6.45, 7) is 3.35. The van der Waals surface area contributed by atoms with Gasteiger partial charge >= 0.3 is 0 Å². The maximum absolute atomic E-state index is 11.5. The summed E-state index contributed by atoms with van der Waals surface area (Å²) in [6, 6.07) is 12.7. The van der Waals surface area contributed by atoms with Crippen molar-refractivity contribution >= 4 is 16.8 Å². The molecule has 5 heteroatoms. The minimum atomic E-state index is 0.180. The number of carbonyl (C=O) groups excluding carboxylic acids is 1. The number of aromatic nitrogens is 2. The van der Waals surface area contributed by atoms with Gasteiger partial charge in [0, 0.05) is 43.5 Å². The topological polar surface area (TPSA) is 55.3 Å². The molecule has 0 bridgehead atoms. The van der Waals surface area contributed by atoms with Crippen LogP contribution in [0, 0.1) is 0 Å². The van der Waals surface area contributed by atoms with Crippen LogP contribution in [-0.2, 0) is 11.2 Å². The molecular formula is C23H23N3O2. The van der Waals surface area contributed by atoms with Crippen LogP contribution < -0.4 is 4.74 Å². The van der Waals surface area contributed by atoms with Crippen LogP contribution >= 0.6 is 0 Å². The molecule has 0 N–H and O–H groups in total. The third-order valence-electron chi connectivity index (χ3n) is 6.10. The fraction of sp³-hybridized carbons (Fsp3) is 0.348. The van der Waals surface area contributed by atoms with Crippen molar-refractivity contribution in [3.05, 3.63) is 53.2 Å². The predicted molar refractivity (Wildman–Crippen MR) is 109 cm³/mol. The molecule has 1 aliphatic carbocycles. The monoisotopic (exact) mass is 373 g/mol. The zero-order chi connectivity index (χ0) is 19.3. The lowest BCUT2D eigenvalue weighted by Gasteiger charge is -2.31. The molecule has 1 saturated heterocycles. The van der Waals surface area contributed by atoms with E-state index >= 15 is 0 Å². The van der Waals surface area contributed by atoms with E-state index in [0.717, 1.165) is 60.7 Å². The molecule has 5 rings (SSSR count).